The van der Waals surface area contributed by atoms with Crippen molar-refractivity contribution in [1.29, 1.82) is 0 Å². The molecule has 4 aromatic rings. The molecule has 4 rings (SSSR count). The molecule has 0 radical (unpaired) electrons. The van der Waals surface area contributed by atoms with Crippen molar-refractivity contribution in [3.63, 3.8) is 0 Å². The highest BCUT2D eigenvalue weighted by atomic mass is 16.5. The minimum Gasteiger partial charge on any atom is -0.465 e. The van der Waals surface area contributed by atoms with Gasteiger partial charge in [0.15, 0.2) is 0 Å². The monoisotopic (exact) mass is 416 g/mol. The van der Waals surface area contributed by atoms with Crippen LogP contribution >= 0.6 is 0 Å². The Bertz CT molecular complexity index is 1310. The highest BCUT2D eigenvalue weighted by molar-refractivity contribution is 5.91. The number of ether oxygens (including phenoxy) is 3. The quantitative estimate of drug-likeness (QED) is 0.347. The number of fused-ring (bicyclic) bond motifs is 1. The first kappa shape index (κ1) is 19.9. The minimum atomic E-state index is -0.516. The van der Waals surface area contributed by atoms with E-state index in [9.17, 15) is 14.4 Å². The third-order valence-corrected chi connectivity index (χ3v) is 4.44. The van der Waals surface area contributed by atoms with Crippen molar-refractivity contribution >= 4 is 22.9 Å². The van der Waals surface area contributed by atoms with Crippen LogP contribution in [0.3, 0.4) is 0 Å². The molecule has 7 nitrogen and oxygen atoms in total. The highest BCUT2D eigenvalue weighted by Gasteiger charge is 2.13. The molecule has 31 heavy (non-hydrogen) atoms. The lowest BCUT2D eigenvalue weighted by Gasteiger charge is -2.08. The van der Waals surface area contributed by atoms with Crippen molar-refractivity contribution in [2.45, 2.75) is 0 Å². The van der Waals surface area contributed by atoms with Gasteiger partial charge in [0.05, 0.1) is 23.6 Å². The molecule has 1 heterocycles. The molecule has 0 spiro atoms. The second kappa shape index (κ2) is 8.54. The predicted octanol–water partition coefficient (Wildman–Crippen LogP) is 4.59. The summed E-state index contributed by atoms with van der Waals surface area (Å²) in [5.41, 5.74) is 0.625. The van der Waals surface area contributed by atoms with Gasteiger partial charge in [-0.1, -0.05) is 18.2 Å². The van der Waals surface area contributed by atoms with Crippen molar-refractivity contribution < 1.29 is 28.2 Å². The zero-order valence-electron chi connectivity index (χ0n) is 16.4. The summed E-state index contributed by atoms with van der Waals surface area (Å²) in [5.74, 6) is -0.408. The number of esters is 2. The van der Waals surface area contributed by atoms with E-state index in [4.69, 9.17) is 13.9 Å². The van der Waals surface area contributed by atoms with Crippen LogP contribution in [0.2, 0.25) is 0 Å². The van der Waals surface area contributed by atoms with Crippen molar-refractivity contribution in [3.05, 3.63) is 100 Å². The largest absolute Gasteiger partial charge is 0.465 e. The van der Waals surface area contributed by atoms with Gasteiger partial charge in [0, 0.05) is 6.07 Å². The molecule has 3 aromatic carbocycles. The fourth-order valence-electron chi connectivity index (χ4n) is 2.87. The number of hydrogen-bond donors (Lipinski definition) is 0. The van der Waals surface area contributed by atoms with E-state index < -0.39 is 11.9 Å². The molecule has 0 amide bonds. The van der Waals surface area contributed by atoms with E-state index in [0.717, 1.165) is 0 Å². The SMILES string of the molecule is COC(=O)c1ccc(Oc2coc3cc(OC(=O)c4ccccc4)ccc3c2=O)cc1. The van der Waals surface area contributed by atoms with Gasteiger partial charge < -0.3 is 18.6 Å². The number of carbonyl (C=O) groups is 2. The molecule has 0 fully saturated rings. The molecule has 0 saturated heterocycles. The van der Waals surface area contributed by atoms with E-state index in [1.54, 1.807) is 42.5 Å². The molecular weight excluding hydrogens is 400 g/mol. The van der Waals surface area contributed by atoms with Crippen molar-refractivity contribution in [2.75, 3.05) is 7.11 Å². The Morgan fingerprint density at radius 3 is 2.19 bits per heavy atom. The molecule has 0 unspecified atom stereocenters. The van der Waals surface area contributed by atoms with E-state index >= 15 is 0 Å². The third kappa shape index (κ3) is 4.30. The summed E-state index contributed by atoms with van der Waals surface area (Å²) in [6.45, 7) is 0. The summed E-state index contributed by atoms with van der Waals surface area (Å²) in [4.78, 5) is 36.4. The summed E-state index contributed by atoms with van der Waals surface area (Å²) in [5, 5.41) is 0.267. The van der Waals surface area contributed by atoms with E-state index in [2.05, 4.69) is 4.74 Å². The Hall–Kier alpha value is -4.39. The Labute approximate surface area is 176 Å². The van der Waals surface area contributed by atoms with E-state index in [-0.39, 0.29) is 27.9 Å². The lowest BCUT2D eigenvalue weighted by atomic mass is 10.2. The van der Waals surface area contributed by atoms with Gasteiger partial charge >= 0.3 is 11.9 Å². The maximum atomic E-state index is 12.7. The molecule has 0 aliphatic heterocycles. The maximum absolute atomic E-state index is 12.7. The summed E-state index contributed by atoms with van der Waals surface area (Å²) < 4.78 is 21.1. The Balaban J connectivity index is 1.55. The van der Waals surface area contributed by atoms with Crippen molar-refractivity contribution in [3.8, 4) is 17.2 Å². The molecule has 0 aliphatic rings. The summed E-state index contributed by atoms with van der Waals surface area (Å²) in [6.07, 6.45) is 1.18. The zero-order valence-corrected chi connectivity index (χ0v) is 16.4. The Kier molecular flexibility index (Phi) is 5.49. The normalized spacial score (nSPS) is 10.5. The van der Waals surface area contributed by atoms with Gasteiger partial charge in [-0.2, -0.15) is 0 Å². The summed E-state index contributed by atoms with van der Waals surface area (Å²) in [7, 11) is 1.29. The lowest BCUT2D eigenvalue weighted by molar-refractivity contribution is 0.0600. The Morgan fingerprint density at radius 1 is 0.806 bits per heavy atom. The van der Waals surface area contributed by atoms with Crippen LogP contribution < -0.4 is 14.9 Å². The average Bonchev–Trinajstić information content (AvgIpc) is 2.81. The van der Waals surface area contributed by atoms with Gasteiger partial charge in [0.2, 0.25) is 11.2 Å². The van der Waals surface area contributed by atoms with Gasteiger partial charge in [-0.15, -0.1) is 0 Å². The van der Waals surface area contributed by atoms with E-state index in [0.29, 0.717) is 16.9 Å². The topological polar surface area (TPSA) is 92.0 Å². The fraction of sp³-hybridized carbons (Fsp3) is 0.0417. The maximum Gasteiger partial charge on any atom is 0.343 e. The molecule has 0 N–H and O–H groups in total. The van der Waals surface area contributed by atoms with Crippen LogP contribution in [-0.4, -0.2) is 19.0 Å². The molecule has 0 aliphatic carbocycles. The molecule has 0 bridgehead atoms. The highest BCUT2D eigenvalue weighted by Crippen LogP contribution is 2.25. The first-order valence-electron chi connectivity index (χ1n) is 9.24. The van der Waals surface area contributed by atoms with Gasteiger partial charge in [-0.25, -0.2) is 9.59 Å². The third-order valence-electron chi connectivity index (χ3n) is 4.44. The first-order valence-corrected chi connectivity index (χ1v) is 9.24. The molecular formula is C24H16O7. The second-order valence-corrected chi connectivity index (χ2v) is 6.46. The number of benzene rings is 3. The van der Waals surface area contributed by atoms with E-state index in [1.165, 1.54) is 43.7 Å². The van der Waals surface area contributed by atoms with E-state index in [1.807, 2.05) is 0 Å². The second-order valence-electron chi connectivity index (χ2n) is 6.46. The van der Waals surface area contributed by atoms with Crippen LogP contribution in [-0.2, 0) is 4.74 Å². The first-order chi connectivity index (χ1) is 15.0. The van der Waals surface area contributed by atoms with Crippen LogP contribution in [0.15, 0.2) is 88.3 Å². The van der Waals surface area contributed by atoms with Crippen LogP contribution in [0, 0.1) is 0 Å². The summed E-state index contributed by atoms with van der Waals surface area (Å²) in [6, 6.07) is 19.2. The van der Waals surface area contributed by atoms with Gasteiger partial charge in [0.25, 0.3) is 0 Å². The summed E-state index contributed by atoms with van der Waals surface area (Å²) >= 11 is 0. The molecule has 154 valence electrons. The molecule has 0 saturated carbocycles. The predicted molar refractivity (Wildman–Crippen MR) is 112 cm³/mol. The minimum absolute atomic E-state index is 0.0210. The Morgan fingerprint density at radius 2 is 1.48 bits per heavy atom. The standard InChI is InChI=1S/C24H16O7/c1-28-23(26)16-7-9-17(10-8-16)30-21-14-29-20-13-18(11-12-19(20)22(21)25)31-24(27)15-5-3-2-4-6-15/h2-14H,1H3. The van der Waals surface area contributed by atoms with Crippen molar-refractivity contribution in [1.82, 2.24) is 0 Å². The van der Waals surface area contributed by atoms with Gasteiger partial charge in [-0.3, -0.25) is 4.79 Å². The molecule has 1 aromatic heterocycles. The van der Waals surface area contributed by atoms with Crippen LogP contribution in [0.4, 0.5) is 0 Å². The number of methoxy groups -OCH3 is 1. The number of carbonyl (C=O) groups excluding carboxylic acids is 2. The molecule has 0 atom stereocenters. The lowest BCUT2D eigenvalue weighted by Crippen LogP contribution is -2.09. The van der Waals surface area contributed by atoms with Gasteiger partial charge in [0.1, 0.15) is 23.3 Å². The number of rotatable bonds is 5. The number of hydrogen-bond acceptors (Lipinski definition) is 7. The van der Waals surface area contributed by atoms with Crippen molar-refractivity contribution in [2.24, 2.45) is 0 Å². The van der Waals surface area contributed by atoms with Gasteiger partial charge in [-0.05, 0) is 48.5 Å². The molecule has 7 heteroatoms. The smallest absolute Gasteiger partial charge is 0.343 e. The zero-order chi connectivity index (χ0) is 21.8. The van der Waals surface area contributed by atoms with Crippen LogP contribution in [0.5, 0.6) is 17.2 Å². The fourth-order valence-corrected chi connectivity index (χ4v) is 2.87. The van der Waals surface area contributed by atoms with Crippen LogP contribution in [0.25, 0.3) is 11.0 Å². The average molecular weight is 416 g/mol. The van der Waals surface area contributed by atoms with Crippen LogP contribution in [0.1, 0.15) is 20.7 Å².